The lowest BCUT2D eigenvalue weighted by molar-refractivity contribution is -0.134. The average Bonchev–Trinajstić information content (AvgIpc) is 2.23. The molecule has 0 saturated carbocycles. The first-order chi connectivity index (χ1) is 9.00. The van der Waals surface area contributed by atoms with E-state index in [1.165, 1.54) is 6.07 Å². The maximum Gasteiger partial charge on any atom is 0.389 e. The second kappa shape index (κ2) is 6.53. The number of sulfonamides is 1. The molecular formula is C11H12BrClF3NO2S. The van der Waals surface area contributed by atoms with Crippen LogP contribution < -0.4 is 4.72 Å². The summed E-state index contributed by atoms with van der Waals surface area (Å²) in [4.78, 5) is 0. The molecule has 0 aromatic heterocycles. The van der Waals surface area contributed by atoms with E-state index in [-0.39, 0.29) is 5.69 Å². The Balaban J connectivity index is 2.74. The molecule has 3 nitrogen and oxygen atoms in total. The molecule has 0 saturated heterocycles. The maximum absolute atomic E-state index is 12.0. The third-order valence-electron chi connectivity index (χ3n) is 2.39. The van der Waals surface area contributed by atoms with Crippen molar-refractivity contribution in [3.63, 3.8) is 0 Å². The number of rotatable bonds is 5. The summed E-state index contributed by atoms with van der Waals surface area (Å²) in [5.74, 6) is -0.607. The van der Waals surface area contributed by atoms with Gasteiger partial charge in [-0.3, -0.25) is 4.72 Å². The van der Waals surface area contributed by atoms with Crippen LogP contribution in [0, 0.1) is 6.92 Å². The molecule has 0 bridgehead atoms. The molecule has 0 aliphatic heterocycles. The molecule has 0 fully saturated rings. The fourth-order valence-corrected chi connectivity index (χ4v) is 3.39. The fraction of sp³-hybridized carbons (Fsp3) is 0.455. The summed E-state index contributed by atoms with van der Waals surface area (Å²) in [6, 6.07) is 3.03. The average molecular weight is 395 g/mol. The van der Waals surface area contributed by atoms with Gasteiger partial charge in [-0.05, 0) is 47.0 Å². The van der Waals surface area contributed by atoms with Crippen LogP contribution >= 0.6 is 27.5 Å². The smallest absolute Gasteiger partial charge is 0.282 e. The second-order valence-electron chi connectivity index (χ2n) is 4.22. The SMILES string of the molecule is Cc1cc(Br)c(NS(=O)(=O)CCCC(F)(F)F)cc1Cl. The van der Waals surface area contributed by atoms with E-state index < -0.39 is 34.8 Å². The number of anilines is 1. The van der Waals surface area contributed by atoms with Crippen molar-refractivity contribution in [1.29, 1.82) is 0 Å². The number of hydrogen-bond acceptors (Lipinski definition) is 2. The van der Waals surface area contributed by atoms with Gasteiger partial charge in [0.05, 0.1) is 11.4 Å². The molecule has 1 N–H and O–H groups in total. The minimum absolute atomic E-state index is 0.201. The van der Waals surface area contributed by atoms with E-state index in [0.29, 0.717) is 9.50 Å². The Kier molecular flexibility index (Phi) is 5.74. The minimum Gasteiger partial charge on any atom is -0.282 e. The Bertz CT molecular complexity index is 590. The third-order valence-corrected chi connectivity index (χ3v) is 4.81. The molecule has 0 unspecified atom stereocenters. The van der Waals surface area contributed by atoms with Gasteiger partial charge in [0.2, 0.25) is 10.0 Å². The van der Waals surface area contributed by atoms with Crippen LogP contribution in [0.25, 0.3) is 0 Å². The first kappa shape index (κ1) is 17.6. The van der Waals surface area contributed by atoms with Gasteiger partial charge in [-0.1, -0.05) is 11.6 Å². The van der Waals surface area contributed by atoms with Crippen molar-refractivity contribution in [3.05, 3.63) is 27.2 Å². The van der Waals surface area contributed by atoms with Crippen molar-refractivity contribution in [3.8, 4) is 0 Å². The van der Waals surface area contributed by atoms with E-state index in [9.17, 15) is 21.6 Å². The number of alkyl halides is 3. The predicted molar refractivity (Wildman–Crippen MR) is 76.6 cm³/mol. The van der Waals surface area contributed by atoms with E-state index in [1.807, 2.05) is 0 Å². The van der Waals surface area contributed by atoms with E-state index in [2.05, 4.69) is 20.7 Å². The zero-order chi connectivity index (χ0) is 15.6. The first-order valence-corrected chi connectivity index (χ1v) is 8.35. The third kappa shape index (κ3) is 5.88. The number of aryl methyl sites for hydroxylation is 1. The van der Waals surface area contributed by atoms with Crippen LogP contribution in [0.3, 0.4) is 0 Å². The lowest BCUT2D eigenvalue weighted by Gasteiger charge is -2.12. The monoisotopic (exact) mass is 393 g/mol. The van der Waals surface area contributed by atoms with Crippen molar-refractivity contribution in [1.82, 2.24) is 0 Å². The molecule has 0 amide bonds. The highest BCUT2D eigenvalue weighted by Crippen LogP contribution is 2.30. The van der Waals surface area contributed by atoms with Gasteiger partial charge in [0.1, 0.15) is 0 Å². The van der Waals surface area contributed by atoms with E-state index in [4.69, 9.17) is 11.6 Å². The Morgan fingerprint density at radius 1 is 1.35 bits per heavy atom. The lowest BCUT2D eigenvalue weighted by atomic mass is 10.2. The van der Waals surface area contributed by atoms with Gasteiger partial charge in [-0.25, -0.2) is 8.42 Å². The van der Waals surface area contributed by atoms with Crippen molar-refractivity contribution in [2.45, 2.75) is 25.9 Å². The van der Waals surface area contributed by atoms with Gasteiger partial charge in [-0.2, -0.15) is 13.2 Å². The van der Waals surface area contributed by atoms with Crippen LogP contribution in [0.15, 0.2) is 16.6 Å². The molecule has 0 aliphatic carbocycles. The molecule has 0 radical (unpaired) electrons. The molecule has 20 heavy (non-hydrogen) atoms. The highest BCUT2D eigenvalue weighted by Gasteiger charge is 2.27. The maximum atomic E-state index is 12.0. The molecule has 0 atom stereocenters. The Labute approximate surface area is 128 Å². The molecule has 0 aliphatic rings. The first-order valence-electron chi connectivity index (χ1n) is 5.53. The molecule has 1 aromatic carbocycles. The van der Waals surface area contributed by atoms with Crippen molar-refractivity contribution in [2.75, 3.05) is 10.5 Å². The fourth-order valence-electron chi connectivity index (χ4n) is 1.41. The summed E-state index contributed by atoms with van der Waals surface area (Å²) >= 11 is 9.04. The quantitative estimate of drug-likeness (QED) is 0.799. The van der Waals surface area contributed by atoms with E-state index in [0.717, 1.165) is 5.56 Å². The van der Waals surface area contributed by atoms with Gasteiger partial charge in [0.15, 0.2) is 0 Å². The molecular weight excluding hydrogens is 383 g/mol. The zero-order valence-electron chi connectivity index (χ0n) is 10.4. The molecule has 1 rings (SSSR count). The molecule has 1 aromatic rings. The summed E-state index contributed by atoms with van der Waals surface area (Å²) < 4.78 is 62.0. The van der Waals surface area contributed by atoms with Crippen LogP contribution in [-0.4, -0.2) is 20.3 Å². The summed E-state index contributed by atoms with van der Waals surface area (Å²) in [7, 11) is -3.85. The van der Waals surface area contributed by atoms with Gasteiger partial charge in [0, 0.05) is 15.9 Å². The minimum atomic E-state index is -4.36. The highest BCUT2D eigenvalue weighted by molar-refractivity contribution is 9.10. The van der Waals surface area contributed by atoms with Crippen LogP contribution in [0.1, 0.15) is 18.4 Å². The van der Waals surface area contributed by atoms with Gasteiger partial charge < -0.3 is 0 Å². The van der Waals surface area contributed by atoms with Crippen molar-refractivity contribution < 1.29 is 21.6 Å². The highest BCUT2D eigenvalue weighted by atomic mass is 79.9. The molecule has 0 spiro atoms. The van der Waals surface area contributed by atoms with Crippen molar-refractivity contribution >= 4 is 43.2 Å². The Morgan fingerprint density at radius 2 is 1.95 bits per heavy atom. The second-order valence-corrected chi connectivity index (χ2v) is 7.32. The van der Waals surface area contributed by atoms with Crippen LogP contribution in [0.5, 0.6) is 0 Å². The van der Waals surface area contributed by atoms with Crippen LogP contribution in [0.2, 0.25) is 5.02 Å². The number of benzene rings is 1. The molecule has 9 heteroatoms. The lowest BCUT2D eigenvalue weighted by Crippen LogP contribution is -2.19. The predicted octanol–water partition coefficient (Wildman–Crippen LogP) is 4.50. The summed E-state index contributed by atoms with van der Waals surface area (Å²) in [6.07, 6.45) is -5.98. The largest absolute Gasteiger partial charge is 0.389 e. The Hall–Kier alpha value is -0.470. The summed E-state index contributed by atoms with van der Waals surface area (Å²) in [5.41, 5.74) is 0.950. The van der Waals surface area contributed by atoms with Gasteiger partial charge in [0.25, 0.3) is 0 Å². The van der Waals surface area contributed by atoms with E-state index in [1.54, 1.807) is 13.0 Å². The topological polar surface area (TPSA) is 46.2 Å². The molecule has 0 heterocycles. The van der Waals surface area contributed by atoms with Crippen LogP contribution in [-0.2, 0) is 10.0 Å². The molecule has 114 valence electrons. The van der Waals surface area contributed by atoms with Gasteiger partial charge >= 0.3 is 6.18 Å². The zero-order valence-corrected chi connectivity index (χ0v) is 13.5. The summed E-state index contributed by atoms with van der Waals surface area (Å²) in [6.45, 7) is 1.74. The number of nitrogens with one attached hydrogen (secondary N) is 1. The Morgan fingerprint density at radius 3 is 2.50 bits per heavy atom. The van der Waals surface area contributed by atoms with Crippen molar-refractivity contribution in [2.24, 2.45) is 0 Å². The van der Waals surface area contributed by atoms with Gasteiger partial charge in [-0.15, -0.1) is 0 Å². The summed E-state index contributed by atoms with van der Waals surface area (Å²) in [5, 5.41) is 0.362. The standard InChI is InChI=1S/C11H12BrClF3NO2S/c1-7-5-8(12)10(6-9(7)13)17-20(18,19)4-2-3-11(14,15)16/h5-6,17H,2-4H2,1H3. The van der Waals surface area contributed by atoms with E-state index >= 15 is 0 Å². The van der Waals surface area contributed by atoms with Crippen LogP contribution in [0.4, 0.5) is 18.9 Å². The normalized spacial score (nSPS) is 12.5. The number of hydrogen-bond donors (Lipinski definition) is 1. The number of halogens is 5.